The summed E-state index contributed by atoms with van der Waals surface area (Å²) in [5.74, 6) is 0.297. The fourth-order valence-corrected chi connectivity index (χ4v) is 3.02. The van der Waals surface area contributed by atoms with Crippen LogP contribution in [-0.4, -0.2) is 7.05 Å². The van der Waals surface area contributed by atoms with Gasteiger partial charge in [-0.1, -0.05) is 24.3 Å². The van der Waals surface area contributed by atoms with Crippen LogP contribution in [0.3, 0.4) is 0 Å². The molecule has 20 heavy (non-hydrogen) atoms. The van der Waals surface area contributed by atoms with E-state index in [0.717, 1.165) is 15.7 Å². The molecule has 0 saturated heterocycles. The van der Waals surface area contributed by atoms with Gasteiger partial charge in [0, 0.05) is 23.0 Å². The predicted molar refractivity (Wildman–Crippen MR) is 86.9 cm³/mol. The van der Waals surface area contributed by atoms with Crippen LogP contribution in [0.15, 0.2) is 46.9 Å². The van der Waals surface area contributed by atoms with Crippen molar-refractivity contribution in [3.63, 3.8) is 0 Å². The summed E-state index contributed by atoms with van der Waals surface area (Å²) < 4.78 is 14.8. The average molecular weight is 357 g/mol. The third-order valence-corrected chi connectivity index (χ3v) is 4.43. The third-order valence-electron chi connectivity index (χ3n) is 3.48. The Bertz CT molecular complexity index is 603. The van der Waals surface area contributed by atoms with Gasteiger partial charge in [-0.05, 0) is 46.6 Å². The Morgan fingerprint density at radius 3 is 2.55 bits per heavy atom. The fourth-order valence-electron chi connectivity index (χ4n) is 2.15. The van der Waals surface area contributed by atoms with Crippen molar-refractivity contribution in [3.8, 4) is 0 Å². The molecule has 2 rings (SSSR count). The van der Waals surface area contributed by atoms with Crippen LogP contribution < -0.4 is 4.90 Å². The molecule has 0 saturated carbocycles. The molecule has 0 aliphatic carbocycles. The summed E-state index contributed by atoms with van der Waals surface area (Å²) in [5, 5.41) is 0. The van der Waals surface area contributed by atoms with Crippen LogP contribution >= 0.6 is 27.5 Å². The highest BCUT2D eigenvalue weighted by Gasteiger charge is 2.17. The number of rotatable bonds is 4. The molecule has 0 bridgehead atoms. The SMILES string of the molecule is CC(c1ccccc1F)N(C)c1ccc(CCl)cc1Br. The first-order chi connectivity index (χ1) is 9.54. The maximum absolute atomic E-state index is 13.9. The highest BCUT2D eigenvalue weighted by Crippen LogP contribution is 2.33. The maximum atomic E-state index is 13.9. The van der Waals surface area contributed by atoms with Gasteiger partial charge in [0.25, 0.3) is 0 Å². The molecule has 0 amide bonds. The molecule has 0 aliphatic heterocycles. The molecule has 0 radical (unpaired) electrons. The number of alkyl halides is 1. The Morgan fingerprint density at radius 2 is 1.95 bits per heavy atom. The normalized spacial score (nSPS) is 12.2. The van der Waals surface area contributed by atoms with E-state index < -0.39 is 0 Å². The lowest BCUT2D eigenvalue weighted by atomic mass is 10.1. The molecular formula is C16H16BrClFN. The van der Waals surface area contributed by atoms with Crippen LogP contribution in [0.4, 0.5) is 10.1 Å². The number of anilines is 1. The van der Waals surface area contributed by atoms with E-state index in [0.29, 0.717) is 11.4 Å². The zero-order valence-electron chi connectivity index (χ0n) is 11.4. The van der Waals surface area contributed by atoms with Crippen LogP contribution in [0.2, 0.25) is 0 Å². The molecule has 4 heteroatoms. The summed E-state index contributed by atoms with van der Waals surface area (Å²) in [7, 11) is 1.96. The predicted octanol–water partition coefficient (Wildman–Crippen LogP) is 5.52. The first-order valence-corrected chi connectivity index (χ1v) is 7.69. The molecule has 1 atom stereocenters. The molecule has 0 fully saturated rings. The first kappa shape index (κ1) is 15.3. The van der Waals surface area contributed by atoms with E-state index >= 15 is 0 Å². The lowest BCUT2D eigenvalue weighted by Gasteiger charge is -2.28. The number of halogens is 3. The van der Waals surface area contributed by atoms with E-state index in [9.17, 15) is 4.39 Å². The zero-order chi connectivity index (χ0) is 14.7. The zero-order valence-corrected chi connectivity index (χ0v) is 13.7. The van der Waals surface area contributed by atoms with Crippen LogP contribution in [0, 0.1) is 5.82 Å². The standard InChI is InChI=1S/C16H16BrClFN/c1-11(13-5-3-4-6-15(13)19)20(2)16-8-7-12(10-18)9-14(16)17/h3-9,11H,10H2,1-2H3. The molecule has 2 aromatic rings. The van der Waals surface area contributed by atoms with E-state index in [2.05, 4.69) is 15.9 Å². The van der Waals surface area contributed by atoms with Crippen LogP contribution in [0.25, 0.3) is 0 Å². The lowest BCUT2D eigenvalue weighted by molar-refractivity contribution is 0.585. The number of benzene rings is 2. The number of hydrogen-bond acceptors (Lipinski definition) is 1. The molecule has 1 unspecified atom stereocenters. The Hall–Kier alpha value is -1.06. The summed E-state index contributed by atoms with van der Waals surface area (Å²) >= 11 is 9.38. The summed E-state index contributed by atoms with van der Waals surface area (Å²) in [6, 6.07) is 12.8. The van der Waals surface area contributed by atoms with Crippen LogP contribution in [0.1, 0.15) is 24.1 Å². The summed E-state index contributed by atoms with van der Waals surface area (Å²) in [4.78, 5) is 2.04. The topological polar surface area (TPSA) is 3.24 Å². The number of hydrogen-bond donors (Lipinski definition) is 0. The largest absolute Gasteiger partial charge is 0.367 e. The Kier molecular flexibility index (Phi) is 5.06. The lowest BCUT2D eigenvalue weighted by Crippen LogP contribution is -2.22. The smallest absolute Gasteiger partial charge is 0.128 e. The van der Waals surface area contributed by atoms with Crippen molar-refractivity contribution < 1.29 is 4.39 Å². The molecule has 106 valence electrons. The van der Waals surface area contributed by atoms with Crippen LogP contribution in [0.5, 0.6) is 0 Å². The summed E-state index contributed by atoms with van der Waals surface area (Å²) in [6.07, 6.45) is 0. The van der Waals surface area contributed by atoms with Crippen molar-refractivity contribution in [2.24, 2.45) is 0 Å². The van der Waals surface area contributed by atoms with Crippen molar-refractivity contribution in [2.45, 2.75) is 18.8 Å². The second-order valence-corrected chi connectivity index (χ2v) is 5.85. The Balaban J connectivity index is 2.31. The highest BCUT2D eigenvalue weighted by molar-refractivity contribution is 9.10. The molecule has 0 heterocycles. The highest BCUT2D eigenvalue weighted by atomic mass is 79.9. The summed E-state index contributed by atoms with van der Waals surface area (Å²) in [6.45, 7) is 1.99. The van der Waals surface area contributed by atoms with E-state index in [-0.39, 0.29) is 11.9 Å². The van der Waals surface area contributed by atoms with Crippen molar-refractivity contribution in [1.29, 1.82) is 0 Å². The molecule has 0 aromatic heterocycles. The maximum Gasteiger partial charge on any atom is 0.128 e. The molecule has 0 N–H and O–H groups in total. The van der Waals surface area contributed by atoms with E-state index in [1.807, 2.05) is 49.2 Å². The monoisotopic (exact) mass is 355 g/mol. The van der Waals surface area contributed by atoms with Gasteiger partial charge in [0.2, 0.25) is 0 Å². The minimum absolute atomic E-state index is 0.0608. The van der Waals surface area contributed by atoms with E-state index in [4.69, 9.17) is 11.6 Å². The molecule has 0 aliphatic rings. The fraction of sp³-hybridized carbons (Fsp3) is 0.250. The molecule has 0 spiro atoms. The first-order valence-electron chi connectivity index (χ1n) is 6.36. The van der Waals surface area contributed by atoms with Crippen LogP contribution in [-0.2, 0) is 5.88 Å². The van der Waals surface area contributed by atoms with Crippen molar-refractivity contribution >= 4 is 33.2 Å². The van der Waals surface area contributed by atoms with Gasteiger partial charge in [-0.25, -0.2) is 4.39 Å². The average Bonchev–Trinajstić information content (AvgIpc) is 2.46. The van der Waals surface area contributed by atoms with Gasteiger partial charge in [-0.2, -0.15) is 0 Å². The Labute approximate surface area is 132 Å². The molecule has 2 aromatic carbocycles. The second kappa shape index (κ2) is 6.59. The van der Waals surface area contributed by atoms with Gasteiger partial charge >= 0.3 is 0 Å². The number of nitrogens with zero attached hydrogens (tertiary/aromatic N) is 1. The van der Waals surface area contributed by atoms with Crippen molar-refractivity contribution in [1.82, 2.24) is 0 Å². The minimum atomic E-state index is -0.180. The van der Waals surface area contributed by atoms with Gasteiger partial charge < -0.3 is 4.90 Å². The van der Waals surface area contributed by atoms with Gasteiger partial charge in [0.1, 0.15) is 5.82 Å². The van der Waals surface area contributed by atoms with Gasteiger partial charge in [-0.15, -0.1) is 11.6 Å². The van der Waals surface area contributed by atoms with Crippen molar-refractivity contribution in [2.75, 3.05) is 11.9 Å². The summed E-state index contributed by atoms with van der Waals surface area (Å²) in [5.41, 5.74) is 2.74. The molecule has 1 nitrogen and oxygen atoms in total. The molecular weight excluding hydrogens is 341 g/mol. The van der Waals surface area contributed by atoms with Gasteiger partial charge in [-0.3, -0.25) is 0 Å². The van der Waals surface area contributed by atoms with E-state index in [1.165, 1.54) is 6.07 Å². The van der Waals surface area contributed by atoms with Gasteiger partial charge in [0.15, 0.2) is 0 Å². The minimum Gasteiger partial charge on any atom is -0.367 e. The van der Waals surface area contributed by atoms with Gasteiger partial charge in [0.05, 0.1) is 11.7 Å². The quantitative estimate of drug-likeness (QED) is 0.652. The van der Waals surface area contributed by atoms with Crippen molar-refractivity contribution in [3.05, 3.63) is 63.9 Å². The second-order valence-electron chi connectivity index (χ2n) is 4.73. The van der Waals surface area contributed by atoms with E-state index in [1.54, 1.807) is 6.07 Å². The Morgan fingerprint density at radius 1 is 1.25 bits per heavy atom. The third kappa shape index (κ3) is 3.15.